The molecule has 0 bridgehead atoms. The van der Waals surface area contributed by atoms with Crippen molar-refractivity contribution in [3.05, 3.63) is 53.1 Å². The van der Waals surface area contributed by atoms with Crippen LogP contribution in [0.1, 0.15) is 21.5 Å². The number of sulfonamides is 1. The fourth-order valence-corrected chi connectivity index (χ4v) is 3.41. The quantitative estimate of drug-likeness (QED) is 0.920. The third kappa shape index (κ3) is 3.07. The summed E-state index contributed by atoms with van der Waals surface area (Å²) in [5.41, 5.74) is 1.99. The molecular weight excluding hydrogens is 330 g/mol. The van der Waals surface area contributed by atoms with Crippen LogP contribution in [0.4, 0.5) is 0 Å². The number of benzene rings is 2. The smallest absolute Gasteiger partial charge is 0.265 e. The minimum absolute atomic E-state index is 0.0505. The molecule has 1 heterocycles. The lowest BCUT2D eigenvalue weighted by Crippen LogP contribution is -2.31. The fourth-order valence-electron chi connectivity index (χ4n) is 2.42. The van der Waals surface area contributed by atoms with E-state index in [1.807, 2.05) is 13.0 Å². The largest absolute Gasteiger partial charge is 0.486 e. The van der Waals surface area contributed by atoms with E-state index in [0.29, 0.717) is 30.3 Å². The van der Waals surface area contributed by atoms with Crippen molar-refractivity contribution in [1.82, 2.24) is 4.72 Å². The Labute approximate surface area is 140 Å². The van der Waals surface area contributed by atoms with Gasteiger partial charge in [-0.05, 0) is 43.2 Å². The summed E-state index contributed by atoms with van der Waals surface area (Å²) < 4.78 is 37.8. The van der Waals surface area contributed by atoms with Crippen LogP contribution in [0.25, 0.3) is 0 Å². The minimum Gasteiger partial charge on any atom is -0.486 e. The van der Waals surface area contributed by atoms with Gasteiger partial charge in [-0.15, -0.1) is 0 Å². The predicted octanol–water partition coefficient (Wildman–Crippen LogP) is 2.19. The summed E-state index contributed by atoms with van der Waals surface area (Å²) in [6, 6.07) is 9.43. The van der Waals surface area contributed by atoms with E-state index >= 15 is 0 Å². The zero-order valence-electron chi connectivity index (χ0n) is 13.3. The second-order valence-corrected chi connectivity index (χ2v) is 7.17. The molecule has 0 aromatic heterocycles. The molecule has 0 atom stereocenters. The zero-order chi connectivity index (χ0) is 17.3. The van der Waals surface area contributed by atoms with Crippen molar-refractivity contribution >= 4 is 15.9 Å². The van der Waals surface area contributed by atoms with Crippen molar-refractivity contribution in [1.29, 1.82) is 0 Å². The molecular formula is C17H17NO5S. The normalized spacial score (nSPS) is 13.4. The van der Waals surface area contributed by atoms with Crippen LogP contribution in [0.2, 0.25) is 0 Å². The van der Waals surface area contributed by atoms with Crippen LogP contribution in [-0.2, 0) is 10.0 Å². The van der Waals surface area contributed by atoms with E-state index in [1.165, 1.54) is 18.2 Å². The van der Waals surface area contributed by atoms with Crippen LogP contribution in [0.15, 0.2) is 41.3 Å². The molecule has 2 aromatic carbocycles. The minimum atomic E-state index is -4.01. The highest BCUT2D eigenvalue weighted by Crippen LogP contribution is 2.32. The molecule has 0 radical (unpaired) electrons. The van der Waals surface area contributed by atoms with E-state index in [2.05, 4.69) is 4.72 Å². The van der Waals surface area contributed by atoms with Gasteiger partial charge in [-0.1, -0.05) is 12.1 Å². The Morgan fingerprint density at radius 1 is 1.04 bits per heavy atom. The monoisotopic (exact) mass is 347 g/mol. The third-order valence-electron chi connectivity index (χ3n) is 3.90. The van der Waals surface area contributed by atoms with Crippen molar-refractivity contribution in [2.45, 2.75) is 18.7 Å². The number of hydrogen-bond acceptors (Lipinski definition) is 5. The Kier molecular flexibility index (Phi) is 4.19. The highest BCUT2D eigenvalue weighted by molar-refractivity contribution is 7.90. The summed E-state index contributed by atoms with van der Waals surface area (Å²) in [6.45, 7) is 4.41. The van der Waals surface area contributed by atoms with Gasteiger partial charge >= 0.3 is 0 Å². The average molecular weight is 347 g/mol. The fraction of sp³-hybridized carbons (Fsp3) is 0.235. The molecule has 0 fully saturated rings. The number of rotatable bonds is 3. The highest BCUT2D eigenvalue weighted by Gasteiger charge is 2.23. The molecule has 24 heavy (non-hydrogen) atoms. The second-order valence-electron chi connectivity index (χ2n) is 5.49. The number of aryl methyl sites for hydroxylation is 1. The number of carbonyl (C=O) groups excluding carboxylic acids is 1. The van der Waals surface area contributed by atoms with Gasteiger partial charge in [-0.2, -0.15) is 0 Å². The number of hydrogen-bond donors (Lipinski definition) is 1. The Hall–Kier alpha value is -2.54. The van der Waals surface area contributed by atoms with E-state index in [4.69, 9.17) is 9.47 Å². The van der Waals surface area contributed by atoms with E-state index in [0.717, 1.165) is 11.1 Å². The first-order valence-electron chi connectivity index (χ1n) is 7.41. The van der Waals surface area contributed by atoms with Crippen LogP contribution in [0, 0.1) is 13.8 Å². The van der Waals surface area contributed by atoms with Crippen molar-refractivity contribution in [2.24, 2.45) is 0 Å². The van der Waals surface area contributed by atoms with Crippen LogP contribution >= 0.6 is 0 Å². The molecule has 0 saturated heterocycles. The maximum Gasteiger partial charge on any atom is 0.265 e. The Morgan fingerprint density at radius 2 is 1.75 bits per heavy atom. The lowest BCUT2D eigenvalue weighted by atomic mass is 10.0. The van der Waals surface area contributed by atoms with Gasteiger partial charge < -0.3 is 9.47 Å². The Morgan fingerprint density at radius 3 is 2.50 bits per heavy atom. The lowest BCUT2D eigenvalue weighted by molar-refractivity contribution is 0.0980. The molecule has 1 N–H and O–H groups in total. The van der Waals surface area contributed by atoms with Gasteiger partial charge in [0.25, 0.3) is 15.9 Å². The molecule has 126 valence electrons. The standard InChI is InChI=1S/C17H17NO5S/c1-11-4-3-5-14(12(11)2)17(19)18-24(20,21)13-6-7-15-16(10-13)23-9-8-22-15/h3-7,10H,8-9H2,1-2H3,(H,18,19). The van der Waals surface area contributed by atoms with Crippen LogP contribution in [0.3, 0.4) is 0 Å². The van der Waals surface area contributed by atoms with Crippen LogP contribution in [0.5, 0.6) is 11.5 Å². The summed E-state index contributed by atoms with van der Waals surface area (Å²) in [5, 5.41) is 0. The topological polar surface area (TPSA) is 81.7 Å². The molecule has 3 rings (SSSR count). The lowest BCUT2D eigenvalue weighted by Gasteiger charge is -2.19. The van der Waals surface area contributed by atoms with Gasteiger partial charge in [0, 0.05) is 11.6 Å². The number of nitrogens with one attached hydrogen (secondary N) is 1. The van der Waals surface area contributed by atoms with Crippen molar-refractivity contribution in [2.75, 3.05) is 13.2 Å². The van der Waals surface area contributed by atoms with Gasteiger partial charge in [-0.3, -0.25) is 4.79 Å². The van der Waals surface area contributed by atoms with Crippen molar-refractivity contribution in [3.8, 4) is 11.5 Å². The number of amides is 1. The Balaban J connectivity index is 1.88. The summed E-state index contributed by atoms with van der Waals surface area (Å²) in [7, 11) is -4.01. The summed E-state index contributed by atoms with van der Waals surface area (Å²) in [4.78, 5) is 12.3. The van der Waals surface area contributed by atoms with Crippen molar-refractivity contribution < 1.29 is 22.7 Å². The Bertz CT molecular complexity index is 905. The molecule has 7 heteroatoms. The van der Waals surface area contributed by atoms with E-state index in [9.17, 15) is 13.2 Å². The third-order valence-corrected chi connectivity index (χ3v) is 5.23. The summed E-state index contributed by atoms with van der Waals surface area (Å²) in [5.74, 6) is 0.176. The molecule has 0 unspecified atom stereocenters. The summed E-state index contributed by atoms with van der Waals surface area (Å²) in [6.07, 6.45) is 0. The SMILES string of the molecule is Cc1cccc(C(=O)NS(=O)(=O)c2ccc3c(c2)OCCO3)c1C. The van der Waals surface area contributed by atoms with Gasteiger partial charge in [0.1, 0.15) is 13.2 Å². The average Bonchev–Trinajstić information content (AvgIpc) is 2.56. The second kappa shape index (κ2) is 6.16. The first kappa shape index (κ1) is 16.3. The molecule has 2 aromatic rings. The first-order chi connectivity index (χ1) is 11.4. The van der Waals surface area contributed by atoms with Gasteiger partial charge in [0.05, 0.1) is 4.90 Å². The molecule has 0 spiro atoms. The van der Waals surface area contributed by atoms with Gasteiger partial charge in [0.2, 0.25) is 0 Å². The molecule has 6 nitrogen and oxygen atoms in total. The molecule has 1 aliphatic heterocycles. The predicted molar refractivity (Wildman–Crippen MR) is 88.0 cm³/mol. The number of fused-ring (bicyclic) bond motifs is 1. The zero-order valence-corrected chi connectivity index (χ0v) is 14.1. The van der Waals surface area contributed by atoms with Gasteiger partial charge in [0.15, 0.2) is 11.5 Å². The van der Waals surface area contributed by atoms with Crippen molar-refractivity contribution in [3.63, 3.8) is 0 Å². The van der Waals surface area contributed by atoms with E-state index < -0.39 is 15.9 Å². The molecule has 1 aliphatic rings. The number of carbonyl (C=O) groups is 1. The summed E-state index contributed by atoms with van der Waals surface area (Å²) >= 11 is 0. The van der Waals surface area contributed by atoms with Gasteiger partial charge in [-0.25, -0.2) is 13.1 Å². The van der Waals surface area contributed by atoms with E-state index in [1.54, 1.807) is 19.1 Å². The highest BCUT2D eigenvalue weighted by atomic mass is 32.2. The van der Waals surface area contributed by atoms with Crippen LogP contribution in [-0.4, -0.2) is 27.5 Å². The van der Waals surface area contributed by atoms with Crippen LogP contribution < -0.4 is 14.2 Å². The molecule has 0 saturated carbocycles. The van der Waals surface area contributed by atoms with E-state index in [-0.39, 0.29) is 4.90 Å². The first-order valence-corrected chi connectivity index (χ1v) is 8.90. The maximum atomic E-state index is 12.5. The maximum absolute atomic E-state index is 12.5. The number of ether oxygens (including phenoxy) is 2. The molecule has 1 amide bonds. The molecule has 0 aliphatic carbocycles.